The lowest BCUT2D eigenvalue weighted by Gasteiger charge is -2.31. The predicted molar refractivity (Wildman–Crippen MR) is 118 cm³/mol. The van der Waals surface area contributed by atoms with Gasteiger partial charge in [-0.25, -0.2) is 0 Å². The van der Waals surface area contributed by atoms with Crippen molar-refractivity contribution in [3.63, 3.8) is 0 Å². The second kappa shape index (κ2) is 12.5. The molecule has 1 aliphatic heterocycles. The van der Waals surface area contributed by atoms with Crippen molar-refractivity contribution in [2.24, 2.45) is 10.9 Å². The fraction of sp³-hybridized carbons (Fsp3) is 0.650. The number of hydrogen-bond acceptors (Lipinski definition) is 3. The van der Waals surface area contributed by atoms with E-state index in [1.54, 1.807) is 7.11 Å². The average Bonchev–Trinajstić information content (AvgIpc) is 2.61. The molecule has 2 rings (SSSR count). The summed E-state index contributed by atoms with van der Waals surface area (Å²) in [6.07, 6.45) is 2.39. The highest BCUT2D eigenvalue weighted by atomic mass is 127. The highest BCUT2D eigenvalue weighted by Crippen LogP contribution is 2.33. The minimum absolute atomic E-state index is 0. The molecule has 5 nitrogen and oxygen atoms in total. The van der Waals surface area contributed by atoms with Gasteiger partial charge in [-0.05, 0) is 39.2 Å². The molecular formula is C20H34IN3O2. The first-order chi connectivity index (χ1) is 12.1. The van der Waals surface area contributed by atoms with Gasteiger partial charge in [0, 0.05) is 38.8 Å². The van der Waals surface area contributed by atoms with Crippen molar-refractivity contribution >= 4 is 29.9 Å². The highest BCUT2D eigenvalue weighted by molar-refractivity contribution is 14.0. The van der Waals surface area contributed by atoms with Crippen molar-refractivity contribution in [2.45, 2.75) is 45.8 Å². The van der Waals surface area contributed by atoms with Crippen molar-refractivity contribution < 1.29 is 9.47 Å². The molecule has 1 heterocycles. The number of guanidine groups is 1. The van der Waals surface area contributed by atoms with E-state index in [2.05, 4.69) is 55.7 Å². The van der Waals surface area contributed by atoms with Crippen LogP contribution in [-0.4, -0.2) is 45.4 Å². The molecule has 0 bridgehead atoms. The van der Waals surface area contributed by atoms with Crippen LogP contribution in [0.2, 0.25) is 0 Å². The summed E-state index contributed by atoms with van der Waals surface area (Å²) in [4.78, 5) is 4.81. The quantitative estimate of drug-likeness (QED) is 0.359. The Hall–Kier alpha value is -0.860. The van der Waals surface area contributed by atoms with Gasteiger partial charge in [-0.15, -0.1) is 24.0 Å². The van der Waals surface area contributed by atoms with Gasteiger partial charge in [-0.3, -0.25) is 4.99 Å². The summed E-state index contributed by atoms with van der Waals surface area (Å²) in [5.74, 6) is 1.25. The van der Waals surface area contributed by atoms with Crippen molar-refractivity contribution in [1.82, 2.24) is 10.6 Å². The smallest absolute Gasteiger partial charge is 0.191 e. The molecule has 1 aromatic rings. The monoisotopic (exact) mass is 475 g/mol. The zero-order valence-corrected chi connectivity index (χ0v) is 18.8. The molecule has 3 unspecified atom stereocenters. The Kier molecular flexibility index (Phi) is 11.2. The lowest BCUT2D eigenvalue weighted by Crippen LogP contribution is -2.44. The SMILES string of the molecule is CCNC(=NCC1CCCOC1c1ccc(C)cc1)NC(C)COC.I. The number of aryl methyl sites for hydroxylation is 1. The van der Waals surface area contributed by atoms with Gasteiger partial charge >= 0.3 is 0 Å². The van der Waals surface area contributed by atoms with Crippen LogP contribution in [0.5, 0.6) is 0 Å². The van der Waals surface area contributed by atoms with Crippen molar-refractivity contribution in [3.05, 3.63) is 35.4 Å². The van der Waals surface area contributed by atoms with E-state index in [-0.39, 0.29) is 36.1 Å². The highest BCUT2D eigenvalue weighted by Gasteiger charge is 2.27. The molecule has 0 saturated carbocycles. The molecule has 0 spiro atoms. The zero-order valence-electron chi connectivity index (χ0n) is 16.5. The summed E-state index contributed by atoms with van der Waals surface area (Å²) in [6, 6.07) is 8.91. The molecule has 1 saturated heterocycles. The summed E-state index contributed by atoms with van der Waals surface area (Å²) in [7, 11) is 1.72. The van der Waals surface area contributed by atoms with E-state index >= 15 is 0 Å². The Balaban J connectivity index is 0.00000338. The largest absolute Gasteiger partial charge is 0.383 e. The van der Waals surface area contributed by atoms with E-state index < -0.39 is 0 Å². The van der Waals surface area contributed by atoms with E-state index in [0.717, 1.165) is 38.5 Å². The summed E-state index contributed by atoms with van der Waals surface area (Å²) < 4.78 is 11.3. The van der Waals surface area contributed by atoms with Gasteiger partial charge in [0.25, 0.3) is 0 Å². The third kappa shape index (κ3) is 7.40. The average molecular weight is 475 g/mol. The van der Waals surface area contributed by atoms with Crippen LogP contribution in [0.3, 0.4) is 0 Å². The van der Waals surface area contributed by atoms with Gasteiger partial charge in [-0.2, -0.15) is 0 Å². The number of methoxy groups -OCH3 is 1. The Morgan fingerprint density at radius 3 is 2.73 bits per heavy atom. The minimum Gasteiger partial charge on any atom is -0.383 e. The number of hydrogen-bond donors (Lipinski definition) is 2. The topological polar surface area (TPSA) is 54.9 Å². The summed E-state index contributed by atoms with van der Waals surface area (Å²) in [5, 5.41) is 6.71. The van der Waals surface area contributed by atoms with Crippen molar-refractivity contribution in [2.75, 3.05) is 33.4 Å². The lowest BCUT2D eigenvalue weighted by atomic mass is 9.89. The number of nitrogens with zero attached hydrogens (tertiary/aromatic N) is 1. The van der Waals surface area contributed by atoms with E-state index in [1.807, 2.05) is 0 Å². The van der Waals surface area contributed by atoms with Gasteiger partial charge in [0.1, 0.15) is 0 Å². The van der Waals surface area contributed by atoms with Crippen LogP contribution in [0, 0.1) is 12.8 Å². The first-order valence-electron chi connectivity index (χ1n) is 9.36. The van der Waals surface area contributed by atoms with E-state index in [1.165, 1.54) is 11.1 Å². The maximum atomic E-state index is 6.10. The fourth-order valence-corrected chi connectivity index (χ4v) is 3.21. The number of rotatable bonds is 7. The summed E-state index contributed by atoms with van der Waals surface area (Å²) >= 11 is 0. The zero-order chi connectivity index (χ0) is 18.1. The Morgan fingerprint density at radius 2 is 2.08 bits per heavy atom. The summed E-state index contributed by atoms with van der Waals surface area (Å²) in [6.45, 7) is 9.38. The molecule has 26 heavy (non-hydrogen) atoms. The second-order valence-electron chi connectivity index (χ2n) is 6.82. The Morgan fingerprint density at radius 1 is 1.35 bits per heavy atom. The minimum atomic E-state index is 0. The molecule has 1 fully saturated rings. The van der Waals surface area contributed by atoms with Gasteiger partial charge in [0.05, 0.1) is 12.7 Å². The molecule has 3 atom stereocenters. The molecule has 0 aromatic heterocycles. The number of halogens is 1. The fourth-order valence-electron chi connectivity index (χ4n) is 3.21. The standard InChI is InChI=1S/C20H33N3O2.HI/c1-5-21-20(23-16(3)14-24-4)22-13-18-7-6-12-25-19(18)17-10-8-15(2)9-11-17;/h8-11,16,18-19H,5-7,12-14H2,1-4H3,(H2,21,22,23);1H. The van der Waals surface area contributed by atoms with Crippen LogP contribution < -0.4 is 10.6 Å². The molecule has 0 radical (unpaired) electrons. The molecule has 0 aliphatic carbocycles. The van der Waals surface area contributed by atoms with E-state index in [9.17, 15) is 0 Å². The third-order valence-corrected chi connectivity index (χ3v) is 4.48. The van der Waals surface area contributed by atoms with Crippen LogP contribution in [0.1, 0.15) is 43.9 Å². The molecule has 0 amide bonds. The maximum Gasteiger partial charge on any atom is 0.191 e. The lowest BCUT2D eigenvalue weighted by molar-refractivity contribution is -0.0250. The molecule has 1 aromatic carbocycles. The Labute approximate surface area is 175 Å². The van der Waals surface area contributed by atoms with Crippen LogP contribution in [0.15, 0.2) is 29.3 Å². The first kappa shape index (κ1) is 23.2. The third-order valence-electron chi connectivity index (χ3n) is 4.48. The van der Waals surface area contributed by atoms with Crippen LogP contribution >= 0.6 is 24.0 Å². The van der Waals surface area contributed by atoms with Crippen LogP contribution in [0.4, 0.5) is 0 Å². The maximum absolute atomic E-state index is 6.10. The second-order valence-corrected chi connectivity index (χ2v) is 6.82. The number of ether oxygens (including phenoxy) is 2. The van der Waals surface area contributed by atoms with E-state index in [0.29, 0.717) is 12.5 Å². The summed E-state index contributed by atoms with van der Waals surface area (Å²) in [5.41, 5.74) is 2.54. The number of benzene rings is 1. The van der Waals surface area contributed by atoms with Gasteiger partial charge in [0.2, 0.25) is 0 Å². The molecule has 6 heteroatoms. The van der Waals surface area contributed by atoms with Crippen molar-refractivity contribution in [1.29, 1.82) is 0 Å². The van der Waals surface area contributed by atoms with Gasteiger partial charge in [0.15, 0.2) is 5.96 Å². The molecule has 1 aliphatic rings. The first-order valence-corrected chi connectivity index (χ1v) is 9.36. The van der Waals surface area contributed by atoms with Gasteiger partial charge in [-0.1, -0.05) is 29.8 Å². The predicted octanol–water partition coefficient (Wildman–Crippen LogP) is 3.67. The normalized spacial score (nSPS) is 21.6. The molecule has 2 N–H and O–H groups in total. The van der Waals surface area contributed by atoms with E-state index in [4.69, 9.17) is 14.5 Å². The number of nitrogens with one attached hydrogen (secondary N) is 2. The van der Waals surface area contributed by atoms with Gasteiger partial charge < -0.3 is 20.1 Å². The molecular weight excluding hydrogens is 441 g/mol. The number of aliphatic imine (C=N–C) groups is 1. The van der Waals surface area contributed by atoms with Crippen LogP contribution in [-0.2, 0) is 9.47 Å². The van der Waals surface area contributed by atoms with Crippen LogP contribution in [0.25, 0.3) is 0 Å². The Bertz CT molecular complexity index is 536. The molecule has 148 valence electrons. The van der Waals surface area contributed by atoms with Crippen molar-refractivity contribution in [3.8, 4) is 0 Å².